The number of β-lactam (4-membered cyclic amide) rings is 1. The number of hydrogen-bond acceptors (Lipinski definition) is 9. The van der Waals surface area contributed by atoms with Gasteiger partial charge in [-0.3, -0.25) is 14.5 Å². The van der Waals surface area contributed by atoms with Crippen LogP contribution in [-0.2, 0) is 32.7 Å². The molecule has 0 spiro atoms. The van der Waals surface area contributed by atoms with E-state index >= 15 is 0 Å². The van der Waals surface area contributed by atoms with E-state index in [-0.39, 0.29) is 16.4 Å². The van der Waals surface area contributed by atoms with E-state index in [4.69, 9.17) is 14.2 Å². The number of rotatable bonds is 10. The van der Waals surface area contributed by atoms with Gasteiger partial charge < -0.3 is 19.5 Å². The topological polar surface area (TPSA) is 128 Å². The highest BCUT2D eigenvalue weighted by Gasteiger charge is 2.54. The molecule has 2 unspecified atom stereocenters. The quantitative estimate of drug-likeness (QED) is 0.160. The molecule has 0 radical (unpaired) electrons. The molecular formula is C24H26N2O8S2. The van der Waals surface area contributed by atoms with Gasteiger partial charge in [0.25, 0.3) is 11.8 Å². The van der Waals surface area contributed by atoms with E-state index in [0.29, 0.717) is 16.5 Å². The van der Waals surface area contributed by atoms with Gasteiger partial charge in [-0.05, 0) is 38.1 Å². The third-order valence-corrected chi connectivity index (χ3v) is 8.98. The lowest BCUT2D eigenvalue weighted by molar-refractivity contribution is -0.152. The smallest absolute Gasteiger partial charge is 0.358 e. The lowest BCUT2D eigenvalue weighted by Gasteiger charge is -2.46. The molecule has 0 saturated carbocycles. The number of likely N-dealkylation sites (tertiary alicyclic amines) is 1. The van der Waals surface area contributed by atoms with E-state index in [1.807, 2.05) is 6.92 Å². The van der Waals surface area contributed by atoms with Crippen LogP contribution in [0.3, 0.4) is 0 Å². The number of nitrogens with zero attached hydrogens (tertiary/aromatic N) is 1. The number of aryl methyl sites for hydroxylation is 1. The third kappa shape index (κ3) is 6.00. The molecule has 36 heavy (non-hydrogen) atoms. The minimum atomic E-state index is -3.99. The van der Waals surface area contributed by atoms with Crippen LogP contribution in [0.1, 0.15) is 12.5 Å². The zero-order valence-electron chi connectivity index (χ0n) is 20.1. The average molecular weight is 535 g/mol. The summed E-state index contributed by atoms with van der Waals surface area (Å²) in [4.78, 5) is 39.1. The summed E-state index contributed by atoms with van der Waals surface area (Å²) in [6.45, 7) is 2.86. The predicted octanol–water partition coefficient (Wildman–Crippen LogP) is 2.20. The maximum absolute atomic E-state index is 13.2. The SMILES string of the molecule is COC(=O)/C(=C(/C)OC)N1C(=O)C(NC(=O)COc2ccccc2)C1SS(=O)(=O)c1ccc(C)cc1. The molecule has 12 heteroatoms. The average Bonchev–Trinajstić information content (AvgIpc) is 2.88. The molecule has 2 aromatic rings. The van der Waals surface area contributed by atoms with Crippen LogP contribution >= 0.6 is 10.8 Å². The van der Waals surface area contributed by atoms with Crippen LogP contribution in [0, 0.1) is 6.92 Å². The van der Waals surface area contributed by atoms with Crippen LogP contribution in [0.2, 0.25) is 0 Å². The van der Waals surface area contributed by atoms with Gasteiger partial charge in [0, 0.05) is 10.8 Å². The molecule has 2 atom stereocenters. The Kier molecular flexibility index (Phi) is 8.64. The van der Waals surface area contributed by atoms with Gasteiger partial charge in [-0.1, -0.05) is 35.9 Å². The Morgan fingerprint density at radius 2 is 1.67 bits per heavy atom. The Morgan fingerprint density at radius 3 is 2.25 bits per heavy atom. The maximum Gasteiger partial charge on any atom is 0.358 e. The van der Waals surface area contributed by atoms with Gasteiger partial charge in [0.2, 0.25) is 8.87 Å². The van der Waals surface area contributed by atoms with Crippen molar-refractivity contribution in [2.24, 2.45) is 0 Å². The summed E-state index contributed by atoms with van der Waals surface area (Å²) in [6, 6.07) is 13.5. The number of amides is 2. The summed E-state index contributed by atoms with van der Waals surface area (Å²) in [6.07, 6.45) is 0. The van der Waals surface area contributed by atoms with Crippen LogP contribution < -0.4 is 10.1 Å². The van der Waals surface area contributed by atoms with Gasteiger partial charge in [-0.2, -0.15) is 0 Å². The number of hydrogen-bond donors (Lipinski definition) is 1. The van der Waals surface area contributed by atoms with E-state index in [1.165, 1.54) is 26.2 Å². The standard InChI is InChI=1S/C24H26N2O8S2/c1-15-10-12-18(13-11-15)36(30,31)35-23-20(25-19(27)14-34-17-8-6-5-7-9-17)22(28)26(23)21(16(2)32-3)24(29)33-4/h5-13,20,23H,14H2,1-4H3,(H,25,27)/b21-16+. The van der Waals surface area contributed by atoms with Crippen LogP contribution in [0.25, 0.3) is 0 Å². The van der Waals surface area contributed by atoms with Crippen molar-refractivity contribution in [3.63, 3.8) is 0 Å². The molecule has 1 N–H and O–H groups in total. The number of esters is 1. The Bertz CT molecular complexity index is 1260. The first kappa shape index (κ1) is 27.1. The van der Waals surface area contributed by atoms with Crippen molar-refractivity contribution in [1.29, 1.82) is 0 Å². The molecule has 10 nitrogen and oxygen atoms in total. The van der Waals surface area contributed by atoms with Crippen molar-refractivity contribution in [2.75, 3.05) is 20.8 Å². The van der Waals surface area contributed by atoms with Gasteiger partial charge in [0.15, 0.2) is 12.3 Å². The second-order valence-corrected chi connectivity index (χ2v) is 11.7. The molecule has 1 fully saturated rings. The highest BCUT2D eigenvalue weighted by atomic mass is 33.1. The zero-order chi connectivity index (χ0) is 26.5. The van der Waals surface area contributed by atoms with Crippen LogP contribution in [0.15, 0.2) is 70.9 Å². The summed E-state index contributed by atoms with van der Waals surface area (Å²) in [7, 11) is -1.13. The number of carbonyl (C=O) groups excluding carboxylic acids is 3. The Hall–Kier alpha value is -3.51. The number of ether oxygens (including phenoxy) is 3. The normalized spacial score (nSPS) is 18.0. The minimum absolute atomic E-state index is 0.0157. The molecule has 192 valence electrons. The lowest BCUT2D eigenvalue weighted by Crippen LogP contribution is -2.70. The van der Waals surface area contributed by atoms with Gasteiger partial charge >= 0.3 is 5.97 Å². The van der Waals surface area contributed by atoms with E-state index < -0.39 is 44.7 Å². The fourth-order valence-electron chi connectivity index (χ4n) is 3.31. The number of nitrogens with one attached hydrogen (secondary N) is 1. The first-order chi connectivity index (χ1) is 17.1. The molecule has 1 aliphatic heterocycles. The van der Waals surface area contributed by atoms with Gasteiger partial charge in [0.05, 0.1) is 19.1 Å². The maximum atomic E-state index is 13.2. The van der Waals surface area contributed by atoms with Crippen molar-refractivity contribution in [1.82, 2.24) is 10.2 Å². The lowest BCUT2D eigenvalue weighted by atomic mass is 10.1. The van der Waals surface area contributed by atoms with E-state index in [0.717, 1.165) is 17.6 Å². The van der Waals surface area contributed by atoms with Crippen LogP contribution in [0.5, 0.6) is 5.75 Å². The zero-order valence-corrected chi connectivity index (χ0v) is 21.7. The van der Waals surface area contributed by atoms with E-state index in [1.54, 1.807) is 42.5 Å². The van der Waals surface area contributed by atoms with Crippen molar-refractivity contribution in [2.45, 2.75) is 30.2 Å². The number of carbonyl (C=O) groups is 3. The summed E-state index contributed by atoms with van der Waals surface area (Å²) in [5, 5.41) is 1.34. The molecule has 1 saturated heterocycles. The first-order valence-electron chi connectivity index (χ1n) is 10.7. The molecule has 2 aromatic carbocycles. The monoisotopic (exact) mass is 534 g/mol. The predicted molar refractivity (Wildman–Crippen MR) is 132 cm³/mol. The molecule has 0 aliphatic carbocycles. The van der Waals surface area contributed by atoms with E-state index in [2.05, 4.69) is 5.32 Å². The number of para-hydroxylation sites is 1. The fraction of sp³-hybridized carbons (Fsp3) is 0.292. The van der Waals surface area contributed by atoms with Gasteiger partial charge in [-0.15, -0.1) is 0 Å². The first-order valence-corrected chi connectivity index (χ1v) is 13.6. The Morgan fingerprint density at radius 1 is 1.03 bits per heavy atom. The minimum Gasteiger partial charge on any atom is -0.499 e. The Balaban J connectivity index is 1.88. The van der Waals surface area contributed by atoms with Gasteiger partial charge in [-0.25, -0.2) is 13.2 Å². The van der Waals surface area contributed by atoms with Crippen molar-refractivity contribution >= 4 is 37.4 Å². The molecular weight excluding hydrogens is 508 g/mol. The summed E-state index contributed by atoms with van der Waals surface area (Å²) >= 11 is 0. The van der Waals surface area contributed by atoms with Gasteiger partial charge in [0.1, 0.15) is 22.9 Å². The van der Waals surface area contributed by atoms with Crippen molar-refractivity contribution in [3.05, 3.63) is 71.6 Å². The van der Waals surface area contributed by atoms with Crippen LogP contribution in [0.4, 0.5) is 0 Å². The van der Waals surface area contributed by atoms with E-state index in [9.17, 15) is 22.8 Å². The van der Waals surface area contributed by atoms with Crippen molar-refractivity contribution in [3.8, 4) is 5.75 Å². The van der Waals surface area contributed by atoms with Crippen LogP contribution in [-0.4, -0.2) is 63.3 Å². The molecule has 1 heterocycles. The second kappa shape index (κ2) is 11.5. The molecule has 0 aromatic heterocycles. The molecule has 1 aliphatic rings. The fourth-order valence-corrected chi connectivity index (χ4v) is 6.78. The Labute approximate surface area is 212 Å². The second-order valence-electron chi connectivity index (χ2n) is 7.71. The molecule has 3 rings (SSSR count). The molecule has 2 amide bonds. The third-order valence-electron chi connectivity index (χ3n) is 5.27. The molecule has 0 bridgehead atoms. The number of allylic oxidation sites excluding steroid dienone is 1. The number of benzene rings is 2. The number of methoxy groups -OCH3 is 2. The summed E-state index contributed by atoms with van der Waals surface area (Å²) in [5.41, 5.74) is 0.613. The summed E-state index contributed by atoms with van der Waals surface area (Å²) < 4.78 is 41.7. The highest BCUT2D eigenvalue weighted by molar-refractivity contribution is 8.72. The highest BCUT2D eigenvalue weighted by Crippen LogP contribution is 2.40. The summed E-state index contributed by atoms with van der Waals surface area (Å²) in [5.74, 6) is -1.73. The van der Waals surface area contributed by atoms with Crippen molar-refractivity contribution < 1.29 is 37.0 Å². The largest absolute Gasteiger partial charge is 0.499 e.